The normalized spacial score (nSPS) is 10.5. The largest absolute Gasteiger partial charge is 0.348 e. The zero-order chi connectivity index (χ0) is 10.8. The number of aromatic nitrogens is 4. The van der Waals surface area contributed by atoms with Gasteiger partial charge in [-0.25, -0.2) is 9.78 Å². The molecule has 7 heteroatoms. The van der Waals surface area contributed by atoms with Gasteiger partial charge in [0.05, 0.1) is 5.69 Å². The van der Waals surface area contributed by atoms with E-state index in [4.69, 9.17) is 0 Å². The van der Waals surface area contributed by atoms with E-state index in [0.29, 0.717) is 5.82 Å². The van der Waals surface area contributed by atoms with Crippen LogP contribution in [0, 0.1) is 5.82 Å². The second kappa shape index (κ2) is 3.52. The summed E-state index contributed by atoms with van der Waals surface area (Å²) in [6.07, 6.45) is 3.11. The van der Waals surface area contributed by atoms with Crippen LogP contribution in [0.5, 0.6) is 0 Å². The third-order valence-corrected chi connectivity index (χ3v) is 1.85. The number of nitrogens with one attached hydrogen (secondary N) is 3. The molecule has 0 amide bonds. The number of hydrogen-bond acceptors (Lipinski definition) is 3. The Balaban J connectivity index is 2.45. The molecule has 0 atom stereocenters. The molecule has 3 N–H and O–H groups in total. The second-order valence-corrected chi connectivity index (χ2v) is 2.91. The minimum absolute atomic E-state index is 0.0397. The molecular weight excluding hydrogens is 203 g/mol. The Morgan fingerprint density at radius 2 is 2.13 bits per heavy atom. The van der Waals surface area contributed by atoms with E-state index in [0.717, 1.165) is 0 Å². The van der Waals surface area contributed by atoms with Gasteiger partial charge in [0.1, 0.15) is 5.82 Å². The number of imidazole rings is 1. The molecule has 0 fully saturated rings. The third kappa shape index (κ3) is 1.85. The molecule has 2 rings (SSSR count). The Hall–Kier alpha value is -2.18. The Morgan fingerprint density at radius 3 is 2.80 bits per heavy atom. The van der Waals surface area contributed by atoms with Gasteiger partial charge >= 0.3 is 5.69 Å². The molecule has 0 aromatic carbocycles. The van der Waals surface area contributed by atoms with Gasteiger partial charge in [0.15, 0.2) is 0 Å². The fourth-order valence-corrected chi connectivity index (χ4v) is 1.20. The highest BCUT2D eigenvalue weighted by atomic mass is 19.1. The van der Waals surface area contributed by atoms with Crippen molar-refractivity contribution in [3.8, 4) is 0 Å². The molecule has 2 aromatic heterocycles. The first-order valence-corrected chi connectivity index (χ1v) is 4.16. The van der Waals surface area contributed by atoms with Gasteiger partial charge in [0.25, 0.3) is 5.56 Å². The summed E-state index contributed by atoms with van der Waals surface area (Å²) >= 11 is 0. The van der Waals surface area contributed by atoms with Gasteiger partial charge in [-0.05, 0) is 0 Å². The lowest BCUT2D eigenvalue weighted by Gasteiger charge is -1.98. The van der Waals surface area contributed by atoms with Crippen LogP contribution in [0.15, 0.2) is 22.0 Å². The molecule has 0 aliphatic rings. The first-order chi connectivity index (χ1) is 7.16. The van der Waals surface area contributed by atoms with Gasteiger partial charge in [-0.2, -0.15) is 4.39 Å². The highest BCUT2D eigenvalue weighted by Crippen LogP contribution is 2.01. The smallest absolute Gasteiger partial charge is 0.326 e. The van der Waals surface area contributed by atoms with E-state index in [1.807, 2.05) is 0 Å². The Kier molecular flexibility index (Phi) is 2.20. The molecule has 0 bridgehead atoms. The molecule has 2 heterocycles. The van der Waals surface area contributed by atoms with E-state index in [1.54, 1.807) is 11.2 Å². The van der Waals surface area contributed by atoms with Crippen LogP contribution in [0.2, 0.25) is 0 Å². The molecule has 0 radical (unpaired) electrons. The lowest BCUT2D eigenvalue weighted by Crippen LogP contribution is -2.27. The van der Waals surface area contributed by atoms with Crippen molar-refractivity contribution in [3.63, 3.8) is 0 Å². The molecule has 0 aliphatic carbocycles. The zero-order valence-corrected chi connectivity index (χ0v) is 7.50. The average molecular weight is 210 g/mol. The molecule has 0 unspecified atom stereocenters. The van der Waals surface area contributed by atoms with Crippen LogP contribution in [-0.4, -0.2) is 19.9 Å². The van der Waals surface area contributed by atoms with Crippen LogP contribution in [0.25, 0.3) is 0 Å². The van der Waals surface area contributed by atoms with Crippen LogP contribution >= 0.6 is 0 Å². The van der Waals surface area contributed by atoms with Crippen LogP contribution in [0.3, 0.4) is 0 Å². The van der Waals surface area contributed by atoms with Gasteiger partial charge in [-0.15, -0.1) is 0 Å². The summed E-state index contributed by atoms with van der Waals surface area (Å²) in [6, 6.07) is 0. The third-order valence-electron chi connectivity index (χ3n) is 1.85. The van der Waals surface area contributed by atoms with Crippen molar-refractivity contribution < 1.29 is 4.39 Å². The average Bonchev–Trinajstić information content (AvgIpc) is 2.66. The summed E-state index contributed by atoms with van der Waals surface area (Å²) < 4.78 is 13.2. The zero-order valence-electron chi connectivity index (χ0n) is 7.50. The van der Waals surface area contributed by atoms with Gasteiger partial charge in [0, 0.05) is 18.8 Å². The van der Waals surface area contributed by atoms with E-state index < -0.39 is 17.1 Å². The Morgan fingerprint density at radius 1 is 1.33 bits per heavy atom. The van der Waals surface area contributed by atoms with Crippen LogP contribution in [-0.2, 0) is 6.42 Å². The molecule has 0 aliphatic heterocycles. The molecule has 6 nitrogen and oxygen atoms in total. The molecule has 0 saturated heterocycles. The maximum Gasteiger partial charge on any atom is 0.326 e. The van der Waals surface area contributed by atoms with Crippen molar-refractivity contribution in [2.45, 2.75) is 6.42 Å². The van der Waals surface area contributed by atoms with Gasteiger partial charge in [0.2, 0.25) is 5.82 Å². The summed E-state index contributed by atoms with van der Waals surface area (Å²) in [5.41, 5.74) is -1.85. The molecular formula is C8H7FN4O2. The molecule has 15 heavy (non-hydrogen) atoms. The second-order valence-electron chi connectivity index (χ2n) is 2.91. The van der Waals surface area contributed by atoms with Crippen molar-refractivity contribution >= 4 is 0 Å². The number of H-pyrrole nitrogens is 3. The van der Waals surface area contributed by atoms with Crippen molar-refractivity contribution in [2.75, 3.05) is 0 Å². The fourth-order valence-electron chi connectivity index (χ4n) is 1.20. The summed E-state index contributed by atoms with van der Waals surface area (Å²) in [4.78, 5) is 32.4. The maximum absolute atomic E-state index is 13.2. The van der Waals surface area contributed by atoms with Gasteiger partial charge < -0.3 is 9.97 Å². The van der Waals surface area contributed by atoms with E-state index in [2.05, 4.69) is 15.0 Å². The van der Waals surface area contributed by atoms with E-state index in [9.17, 15) is 14.0 Å². The minimum Gasteiger partial charge on any atom is -0.348 e. The lowest BCUT2D eigenvalue weighted by molar-refractivity contribution is 0.577. The summed E-state index contributed by atoms with van der Waals surface area (Å²) in [6.45, 7) is 0. The van der Waals surface area contributed by atoms with E-state index >= 15 is 0 Å². The van der Waals surface area contributed by atoms with Crippen molar-refractivity contribution in [2.24, 2.45) is 0 Å². The minimum atomic E-state index is -1.03. The first-order valence-electron chi connectivity index (χ1n) is 4.16. The SMILES string of the molecule is O=c1[nH]c(Cc2ncc[nH]2)c(F)c(=O)[nH]1. The van der Waals surface area contributed by atoms with Crippen LogP contribution in [0.1, 0.15) is 11.5 Å². The number of hydrogen-bond donors (Lipinski definition) is 3. The topological polar surface area (TPSA) is 94.4 Å². The summed E-state index contributed by atoms with van der Waals surface area (Å²) in [5, 5.41) is 0. The molecule has 78 valence electrons. The van der Waals surface area contributed by atoms with Crippen molar-refractivity contribution in [3.05, 3.63) is 50.6 Å². The van der Waals surface area contributed by atoms with Crippen molar-refractivity contribution in [1.82, 2.24) is 19.9 Å². The molecule has 2 aromatic rings. The number of halogens is 1. The lowest BCUT2D eigenvalue weighted by atomic mass is 10.3. The summed E-state index contributed by atoms with van der Waals surface area (Å²) in [5.74, 6) is -0.527. The predicted octanol–water partition coefficient (Wildman–Crippen LogP) is -0.484. The van der Waals surface area contributed by atoms with Gasteiger partial charge in [-0.3, -0.25) is 9.78 Å². The Bertz CT molecular complexity index is 569. The molecule has 0 spiro atoms. The monoisotopic (exact) mass is 210 g/mol. The van der Waals surface area contributed by atoms with E-state index in [-0.39, 0.29) is 12.1 Å². The first kappa shape index (κ1) is 9.38. The number of aromatic amines is 3. The number of rotatable bonds is 2. The number of nitrogens with zero attached hydrogens (tertiary/aromatic N) is 1. The highest BCUT2D eigenvalue weighted by molar-refractivity contribution is 5.09. The van der Waals surface area contributed by atoms with E-state index in [1.165, 1.54) is 6.20 Å². The quantitative estimate of drug-likeness (QED) is 0.624. The van der Waals surface area contributed by atoms with Gasteiger partial charge in [-0.1, -0.05) is 0 Å². The Labute approximate surface area is 82.2 Å². The highest BCUT2D eigenvalue weighted by Gasteiger charge is 2.09. The predicted molar refractivity (Wildman–Crippen MR) is 49.0 cm³/mol. The van der Waals surface area contributed by atoms with Crippen molar-refractivity contribution in [1.29, 1.82) is 0 Å². The fraction of sp³-hybridized carbons (Fsp3) is 0.125. The van der Waals surface area contributed by atoms with Crippen LogP contribution < -0.4 is 11.2 Å². The molecule has 0 saturated carbocycles. The van der Waals surface area contributed by atoms with Crippen LogP contribution in [0.4, 0.5) is 4.39 Å². The maximum atomic E-state index is 13.2. The summed E-state index contributed by atoms with van der Waals surface area (Å²) in [7, 11) is 0. The standard InChI is InChI=1S/C8H7FN4O2/c9-6-4(3-5-10-1-2-11-5)12-8(15)13-7(6)14/h1-2H,3H2,(H,10,11)(H2,12,13,14,15).